The average molecular weight is 211 g/mol. The Labute approximate surface area is 91.3 Å². The molecule has 0 amide bonds. The van der Waals surface area contributed by atoms with Gasteiger partial charge in [-0.1, -0.05) is 12.8 Å². The molecule has 2 atom stereocenters. The van der Waals surface area contributed by atoms with Crippen LogP contribution in [-0.4, -0.2) is 42.6 Å². The zero-order valence-corrected chi connectivity index (χ0v) is 9.24. The Kier molecular flexibility index (Phi) is 3.59. The number of amidine groups is 1. The summed E-state index contributed by atoms with van der Waals surface area (Å²) in [5.74, 6) is 0.300. The van der Waals surface area contributed by atoms with Crippen molar-refractivity contribution in [3.8, 4) is 0 Å². The van der Waals surface area contributed by atoms with Crippen LogP contribution in [0.25, 0.3) is 0 Å². The van der Waals surface area contributed by atoms with E-state index in [9.17, 15) is 0 Å². The first-order valence-corrected chi connectivity index (χ1v) is 5.96. The van der Waals surface area contributed by atoms with E-state index in [2.05, 4.69) is 4.90 Å². The third kappa shape index (κ3) is 2.69. The molecule has 0 radical (unpaired) electrons. The van der Waals surface area contributed by atoms with Gasteiger partial charge in [0.05, 0.1) is 18.5 Å². The van der Waals surface area contributed by atoms with Crippen LogP contribution in [0.2, 0.25) is 0 Å². The second-order valence-corrected chi connectivity index (χ2v) is 4.57. The highest BCUT2D eigenvalue weighted by atomic mass is 16.5. The Morgan fingerprint density at radius 1 is 1.40 bits per heavy atom. The minimum atomic E-state index is 0.300. The fourth-order valence-electron chi connectivity index (χ4n) is 2.72. The predicted octanol–water partition coefficient (Wildman–Crippen LogP) is 0.956. The quantitative estimate of drug-likeness (QED) is 0.540. The zero-order chi connectivity index (χ0) is 10.7. The fourth-order valence-corrected chi connectivity index (χ4v) is 2.72. The van der Waals surface area contributed by atoms with Crippen molar-refractivity contribution in [1.29, 1.82) is 5.41 Å². The molecule has 0 spiro atoms. The lowest BCUT2D eigenvalue weighted by atomic mass is 9.90. The number of rotatable bonds is 3. The number of hydrogen-bond donors (Lipinski definition) is 2. The minimum absolute atomic E-state index is 0.300. The molecule has 2 rings (SSSR count). The van der Waals surface area contributed by atoms with Gasteiger partial charge in [-0.15, -0.1) is 0 Å². The first-order chi connectivity index (χ1) is 7.27. The summed E-state index contributed by atoms with van der Waals surface area (Å²) >= 11 is 0. The van der Waals surface area contributed by atoms with Crippen LogP contribution in [0.1, 0.15) is 32.1 Å². The van der Waals surface area contributed by atoms with Crippen molar-refractivity contribution < 1.29 is 4.74 Å². The second-order valence-electron chi connectivity index (χ2n) is 4.57. The molecular weight excluding hydrogens is 190 g/mol. The standard InChI is InChI=1S/C11H21N3O/c12-11(13)5-6-14-7-8-15-10-4-2-1-3-9(10)14/h9-10H,1-8H2,(H3,12,13). The molecule has 86 valence electrons. The van der Waals surface area contributed by atoms with Gasteiger partial charge < -0.3 is 10.5 Å². The highest BCUT2D eigenvalue weighted by molar-refractivity contribution is 5.76. The van der Waals surface area contributed by atoms with Gasteiger partial charge in [0, 0.05) is 25.6 Å². The number of nitrogens with one attached hydrogen (secondary N) is 1. The summed E-state index contributed by atoms with van der Waals surface area (Å²) in [6, 6.07) is 0.590. The summed E-state index contributed by atoms with van der Waals surface area (Å²) < 4.78 is 5.79. The normalized spacial score (nSPS) is 32.3. The van der Waals surface area contributed by atoms with Crippen LogP contribution in [-0.2, 0) is 4.74 Å². The summed E-state index contributed by atoms with van der Waals surface area (Å²) in [6.45, 7) is 2.79. The predicted molar refractivity (Wildman–Crippen MR) is 60.1 cm³/mol. The molecule has 4 heteroatoms. The maximum Gasteiger partial charge on any atom is 0.0918 e. The van der Waals surface area contributed by atoms with E-state index in [0.29, 0.717) is 24.4 Å². The fraction of sp³-hybridized carbons (Fsp3) is 0.909. The molecule has 0 aromatic carbocycles. The van der Waals surface area contributed by atoms with Gasteiger partial charge in [-0.2, -0.15) is 0 Å². The van der Waals surface area contributed by atoms with Crippen LogP contribution in [0.4, 0.5) is 0 Å². The Morgan fingerprint density at radius 2 is 2.20 bits per heavy atom. The second kappa shape index (κ2) is 4.94. The Bertz CT molecular complexity index is 230. The SMILES string of the molecule is N=C(N)CCN1CCOC2CCCCC21. The third-order valence-electron chi connectivity index (χ3n) is 3.52. The molecule has 0 bridgehead atoms. The monoisotopic (exact) mass is 211 g/mol. The van der Waals surface area contributed by atoms with E-state index < -0.39 is 0 Å². The molecule has 4 nitrogen and oxygen atoms in total. The lowest BCUT2D eigenvalue weighted by molar-refractivity contribution is -0.0870. The molecule has 1 saturated heterocycles. The largest absolute Gasteiger partial charge is 0.388 e. The Balaban J connectivity index is 1.88. The Morgan fingerprint density at radius 3 is 3.00 bits per heavy atom. The maximum absolute atomic E-state index is 7.26. The van der Waals surface area contributed by atoms with Gasteiger partial charge in [0.15, 0.2) is 0 Å². The van der Waals surface area contributed by atoms with Gasteiger partial charge in [0.2, 0.25) is 0 Å². The molecule has 15 heavy (non-hydrogen) atoms. The molecule has 2 aliphatic rings. The van der Waals surface area contributed by atoms with Gasteiger partial charge in [-0.25, -0.2) is 0 Å². The van der Waals surface area contributed by atoms with Crippen LogP contribution < -0.4 is 5.73 Å². The molecular formula is C11H21N3O. The first-order valence-electron chi connectivity index (χ1n) is 5.96. The number of hydrogen-bond acceptors (Lipinski definition) is 3. The maximum atomic E-state index is 7.26. The van der Waals surface area contributed by atoms with Crippen molar-refractivity contribution in [2.75, 3.05) is 19.7 Å². The van der Waals surface area contributed by atoms with Gasteiger partial charge in [-0.3, -0.25) is 10.3 Å². The Hall–Kier alpha value is -0.610. The molecule has 1 aliphatic heterocycles. The van der Waals surface area contributed by atoms with E-state index in [0.717, 1.165) is 19.7 Å². The molecule has 1 heterocycles. The van der Waals surface area contributed by atoms with Gasteiger partial charge in [0.25, 0.3) is 0 Å². The van der Waals surface area contributed by atoms with E-state index >= 15 is 0 Å². The number of nitrogens with zero attached hydrogens (tertiary/aromatic N) is 1. The number of nitrogens with two attached hydrogens (primary N) is 1. The lowest BCUT2D eigenvalue weighted by Gasteiger charge is -2.43. The topological polar surface area (TPSA) is 62.3 Å². The third-order valence-corrected chi connectivity index (χ3v) is 3.52. The van der Waals surface area contributed by atoms with E-state index in [1.54, 1.807) is 0 Å². The lowest BCUT2D eigenvalue weighted by Crippen LogP contribution is -2.53. The van der Waals surface area contributed by atoms with Crippen molar-refractivity contribution in [3.05, 3.63) is 0 Å². The summed E-state index contributed by atoms with van der Waals surface area (Å²) in [5.41, 5.74) is 5.40. The average Bonchev–Trinajstić information content (AvgIpc) is 2.26. The van der Waals surface area contributed by atoms with Crippen molar-refractivity contribution in [2.45, 2.75) is 44.2 Å². The van der Waals surface area contributed by atoms with E-state index in [4.69, 9.17) is 15.9 Å². The highest BCUT2D eigenvalue weighted by Gasteiger charge is 2.33. The zero-order valence-electron chi connectivity index (χ0n) is 9.24. The van der Waals surface area contributed by atoms with Crippen molar-refractivity contribution in [3.63, 3.8) is 0 Å². The van der Waals surface area contributed by atoms with Crippen LogP contribution in [0.3, 0.4) is 0 Å². The smallest absolute Gasteiger partial charge is 0.0918 e. The molecule has 0 aromatic rings. The van der Waals surface area contributed by atoms with Crippen LogP contribution >= 0.6 is 0 Å². The first kappa shape index (κ1) is 10.9. The molecule has 2 unspecified atom stereocenters. The number of morpholine rings is 1. The molecule has 3 N–H and O–H groups in total. The van der Waals surface area contributed by atoms with Gasteiger partial charge in [0.1, 0.15) is 0 Å². The molecule has 0 aromatic heterocycles. The number of ether oxygens (including phenoxy) is 1. The molecule has 1 saturated carbocycles. The summed E-state index contributed by atoms with van der Waals surface area (Å²) in [6.07, 6.45) is 6.23. The van der Waals surface area contributed by atoms with Crippen molar-refractivity contribution >= 4 is 5.84 Å². The molecule has 2 fully saturated rings. The van der Waals surface area contributed by atoms with Crippen molar-refractivity contribution in [1.82, 2.24) is 4.90 Å². The summed E-state index contributed by atoms with van der Waals surface area (Å²) in [5, 5.41) is 7.26. The van der Waals surface area contributed by atoms with E-state index in [-0.39, 0.29) is 0 Å². The van der Waals surface area contributed by atoms with Gasteiger partial charge >= 0.3 is 0 Å². The highest BCUT2D eigenvalue weighted by Crippen LogP contribution is 2.28. The minimum Gasteiger partial charge on any atom is -0.388 e. The number of fused-ring (bicyclic) bond motifs is 1. The summed E-state index contributed by atoms with van der Waals surface area (Å²) in [4.78, 5) is 2.47. The van der Waals surface area contributed by atoms with Crippen molar-refractivity contribution in [2.24, 2.45) is 5.73 Å². The molecule has 1 aliphatic carbocycles. The van der Waals surface area contributed by atoms with Crippen LogP contribution in [0.15, 0.2) is 0 Å². The van der Waals surface area contributed by atoms with E-state index in [1.165, 1.54) is 25.7 Å². The van der Waals surface area contributed by atoms with Crippen LogP contribution in [0, 0.1) is 5.41 Å². The van der Waals surface area contributed by atoms with E-state index in [1.807, 2.05) is 0 Å². The van der Waals surface area contributed by atoms with Gasteiger partial charge in [-0.05, 0) is 12.8 Å². The summed E-state index contributed by atoms with van der Waals surface area (Å²) in [7, 11) is 0. The van der Waals surface area contributed by atoms with Crippen LogP contribution in [0.5, 0.6) is 0 Å².